The first-order chi connectivity index (χ1) is 16.3. The smallest absolute Gasteiger partial charge is 0.238 e. The molecule has 0 saturated carbocycles. The van der Waals surface area contributed by atoms with Crippen molar-refractivity contribution >= 4 is 33.1 Å². The van der Waals surface area contributed by atoms with Gasteiger partial charge in [0.15, 0.2) is 0 Å². The van der Waals surface area contributed by atoms with Crippen molar-refractivity contribution in [3.05, 3.63) is 52.5 Å². The number of anilines is 1. The van der Waals surface area contributed by atoms with Gasteiger partial charge in [-0.15, -0.1) is 11.3 Å². The summed E-state index contributed by atoms with van der Waals surface area (Å²) < 4.78 is 6.94. The molecule has 8 heteroatoms. The maximum Gasteiger partial charge on any atom is 0.238 e. The molecule has 0 bridgehead atoms. The lowest BCUT2D eigenvalue weighted by Crippen LogP contribution is -2.55. The van der Waals surface area contributed by atoms with Crippen LogP contribution < -0.4 is 10.1 Å². The Morgan fingerprint density at radius 1 is 1.24 bits per heavy atom. The van der Waals surface area contributed by atoms with E-state index in [2.05, 4.69) is 27.0 Å². The van der Waals surface area contributed by atoms with Crippen molar-refractivity contribution in [2.45, 2.75) is 39.8 Å². The largest absolute Gasteiger partial charge is 0.491 e. The number of carbonyl (C=O) groups is 1. The number of rotatable bonds is 8. The quantitative estimate of drug-likeness (QED) is 0.511. The van der Waals surface area contributed by atoms with Crippen molar-refractivity contribution in [1.82, 2.24) is 14.8 Å². The standard InChI is InChI=1S/C26H34N4O3S/c1-17-6-5-7-18(2)26(17)28-25(32)15-29-10-11-30(19(3)13-29)14-21(31)16-33-22-8-9-23-24(12-22)34-20(4)27-23/h5-9,12,19,21,31H,10-11,13-16H2,1-4H3,(H,28,32)/t19-,21+/m1/s1. The third-order valence-electron chi connectivity index (χ3n) is 6.32. The van der Waals surface area contributed by atoms with Crippen LogP contribution in [0.2, 0.25) is 0 Å². The van der Waals surface area contributed by atoms with Gasteiger partial charge in [-0.3, -0.25) is 14.6 Å². The van der Waals surface area contributed by atoms with Gasteiger partial charge in [-0.25, -0.2) is 4.98 Å². The number of β-amino-alcohol motifs (C(OH)–C–C–N with tert-alkyl or cyclic N) is 1. The Kier molecular flexibility index (Phi) is 7.83. The highest BCUT2D eigenvalue weighted by molar-refractivity contribution is 7.18. The lowest BCUT2D eigenvalue weighted by atomic mass is 10.1. The second kappa shape index (κ2) is 10.8. The molecule has 1 aromatic heterocycles. The van der Waals surface area contributed by atoms with Gasteiger partial charge in [0.2, 0.25) is 5.91 Å². The molecule has 182 valence electrons. The number of aromatic nitrogens is 1. The monoisotopic (exact) mass is 482 g/mol. The normalized spacial score (nSPS) is 18.2. The van der Waals surface area contributed by atoms with E-state index >= 15 is 0 Å². The van der Waals surface area contributed by atoms with E-state index in [-0.39, 0.29) is 18.6 Å². The number of aliphatic hydroxyl groups is 1. The second-order valence-electron chi connectivity index (χ2n) is 9.22. The van der Waals surface area contributed by atoms with E-state index in [1.165, 1.54) is 0 Å². The Balaban J connectivity index is 1.22. The predicted octanol–water partition coefficient (Wildman–Crippen LogP) is 3.61. The highest BCUT2D eigenvalue weighted by atomic mass is 32.1. The first-order valence-corrected chi connectivity index (χ1v) is 12.6. The minimum absolute atomic E-state index is 0.0135. The minimum atomic E-state index is -0.583. The second-order valence-corrected chi connectivity index (χ2v) is 10.5. The van der Waals surface area contributed by atoms with Crippen molar-refractivity contribution in [1.29, 1.82) is 0 Å². The van der Waals surface area contributed by atoms with Gasteiger partial charge in [-0.2, -0.15) is 0 Å². The third kappa shape index (κ3) is 6.13. The number of nitrogens with zero attached hydrogens (tertiary/aromatic N) is 3. The average molecular weight is 483 g/mol. The van der Waals surface area contributed by atoms with Gasteiger partial charge in [0.25, 0.3) is 0 Å². The fourth-order valence-corrected chi connectivity index (χ4v) is 5.36. The summed E-state index contributed by atoms with van der Waals surface area (Å²) in [6, 6.07) is 12.1. The molecule has 2 atom stereocenters. The summed E-state index contributed by atoms with van der Waals surface area (Å²) in [5, 5.41) is 14.7. The number of ether oxygens (including phenoxy) is 1. The number of thiazole rings is 1. The summed E-state index contributed by atoms with van der Waals surface area (Å²) >= 11 is 1.64. The first kappa shape index (κ1) is 24.6. The fraction of sp³-hybridized carbons (Fsp3) is 0.462. The predicted molar refractivity (Wildman–Crippen MR) is 138 cm³/mol. The van der Waals surface area contributed by atoms with Crippen LogP contribution in [0.1, 0.15) is 23.1 Å². The Bertz CT molecular complexity index is 1130. The molecule has 1 fully saturated rings. The van der Waals surface area contributed by atoms with E-state index < -0.39 is 6.10 Å². The maximum absolute atomic E-state index is 12.6. The Labute approximate surface area is 205 Å². The number of amides is 1. The van der Waals surface area contributed by atoms with Crippen LogP contribution >= 0.6 is 11.3 Å². The molecule has 7 nitrogen and oxygen atoms in total. The molecule has 3 aromatic rings. The van der Waals surface area contributed by atoms with E-state index in [9.17, 15) is 9.90 Å². The number of benzene rings is 2. The number of nitrogens with one attached hydrogen (secondary N) is 1. The average Bonchev–Trinajstić information content (AvgIpc) is 3.16. The number of carbonyl (C=O) groups excluding carboxylic acids is 1. The summed E-state index contributed by atoms with van der Waals surface area (Å²) in [4.78, 5) is 21.5. The van der Waals surface area contributed by atoms with Crippen LogP contribution in [0.15, 0.2) is 36.4 Å². The summed E-state index contributed by atoms with van der Waals surface area (Å²) in [5.74, 6) is 0.766. The van der Waals surface area contributed by atoms with E-state index in [4.69, 9.17) is 4.74 Å². The number of piperazine rings is 1. The van der Waals surface area contributed by atoms with Crippen molar-refractivity contribution in [2.24, 2.45) is 0 Å². The Hall–Kier alpha value is -2.52. The molecule has 0 unspecified atom stereocenters. The number of para-hydroxylation sites is 1. The van der Waals surface area contributed by atoms with Gasteiger partial charge in [0.1, 0.15) is 18.5 Å². The van der Waals surface area contributed by atoms with E-state index in [0.29, 0.717) is 13.1 Å². The number of aryl methyl sites for hydroxylation is 3. The van der Waals surface area contributed by atoms with Gasteiger partial charge in [0, 0.05) is 37.9 Å². The molecule has 34 heavy (non-hydrogen) atoms. The lowest BCUT2D eigenvalue weighted by molar-refractivity contribution is -0.118. The number of hydrogen-bond donors (Lipinski definition) is 2. The summed E-state index contributed by atoms with van der Waals surface area (Å²) in [5.41, 5.74) is 4.03. The molecular formula is C26H34N4O3S. The molecule has 1 saturated heterocycles. The van der Waals surface area contributed by atoms with Gasteiger partial charge in [-0.05, 0) is 57.0 Å². The zero-order chi connectivity index (χ0) is 24.2. The molecule has 4 rings (SSSR count). The molecule has 1 amide bonds. The first-order valence-electron chi connectivity index (χ1n) is 11.8. The van der Waals surface area contributed by atoms with Crippen LogP contribution in [0.25, 0.3) is 10.2 Å². The molecule has 0 spiro atoms. The van der Waals surface area contributed by atoms with Crippen LogP contribution in [0.4, 0.5) is 5.69 Å². The SMILES string of the molecule is Cc1nc2ccc(OC[C@@H](O)CN3CCN(CC(=O)Nc4c(C)cccc4C)C[C@H]3C)cc2s1. The molecule has 1 aliphatic heterocycles. The molecule has 0 aliphatic carbocycles. The van der Waals surface area contributed by atoms with Crippen LogP contribution in [0, 0.1) is 20.8 Å². The topological polar surface area (TPSA) is 77.9 Å². The number of hydrogen-bond acceptors (Lipinski definition) is 7. The number of aliphatic hydroxyl groups excluding tert-OH is 1. The molecule has 2 heterocycles. The summed E-state index contributed by atoms with van der Waals surface area (Å²) in [7, 11) is 0. The van der Waals surface area contributed by atoms with Crippen LogP contribution in [0.3, 0.4) is 0 Å². The van der Waals surface area contributed by atoms with Gasteiger partial charge in [-0.1, -0.05) is 18.2 Å². The Morgan fingerprint density at radius 2 is 2.00 bits per heavy atom. The van der Waals surface area contributed by atoms with E-state index in [1.54, 1.807) is 11.3 Å². The van der Waals surface area contributed by atoms with E-state index in [0.717, 1.165) is 57.4 Å². The van der Waals surface area contributed by atoms with E-state index in [1.807, 2.05) is 57.2 Å². The zero-order valence-corrected chi connectivity index (χ0v) is 21.2. The van der Waals surface area contributed by atoms with Crippen LogP contribution in [-0.2, 0) is 4.79 Å². The highest BCUT2D eigenvalue weighted by Crippen LogP contribution is 2.26. The molecule has 1 aliphatic rings. The molecule has 2 N–H and O–H groups in total. The summed E-state index contributed by atoms with van der Waals surface area (Å²) in [6.07, 6.45) is -0.583. The van der Waals surface area contributed by atoms with Gasteiger partial charge in [0.05, 0.1) is 21.8 Å². The number of fused-ring (bicyclic) bond motifs is 1. The van der Waals surface area contributed by atoms with Crippen LogP contribution in [0.5, 0.6) is 5.75 Å². The van der Waals surface area contributed by atoms with Crippen molar-refractivity contribution < 1.29 is 14.6 Å². The van der Waals surface area contributed by atoms with Gasteiger partial charge < -0.3 is 15.2 Å². The summed E-state index contributed by atoms with van der Waals surface area (Å²) in [6.45, 7) is 11.7. The molecular weight excluding hydrogens is 448 g/mol. The lowest BCUT2D eigenvalue weighted by Gasteiger charge is -2.40. The fourth-order valence-electron chi connectivity index (χ4n) is 4.50. The van der Waals surface area contributed by atoms with Crippen molar-refractivity contribution in [3.63, 3.8) is 0 Å². The maximum atomic E-state index is 12.6. The third-order valence-corrected chi connectivity index (χ3v) is 7.25. The Morgan fingerprint density at radius 3 is 2.74 bits per heavy atom. The highest BCUT2D eigenvalue weighted by Gasteiger charge is 2.26. The molecule has 0 radical (unpaired) electrons. The zero-order valence-electron chi connectivity index (χ0n) is 20.4. The van der Waals surface area contributed by atoms with Crippen LogP contribution in [-0.4, -0.2) is 77.3 Å². The minimum Gasteiger partial charge on any atom is -0.491 e. The van der Waals surface area contributed by atoms with Gasteiger partial charge >= 0.3 is 0 Å². The molecule has 2 aromatic carbocycles. The van der Waals surface area contributed by atoms with Crippen molar-refractivity contribution in [2.75, 3.05) is 44.6 Å². The van der Waals surface area contributed by atoms with Crippen molar-refractivity contribution in [3.8, 4) is 5.75 Å².